The monoisotopic (exact) mass is 181 g/mol. The van der Waals surface area contributed by atoms with Crippen LogP contribution in [0.5, 0.6) is 0 Å². The molecule has 0 aliphatic carbocycles. The van der Waals surface area contributed by atoms with Gasteiger partial charge in [-0.05, 0) is 24.6 Å². The molecule has 1 unspecified atom stereocenters. The zero-order valence-electron chi connectivity index (χ0n) is 7.19. The molecule has 0 aliphatic heterocycles. The van der Waals surface area contributed by atoms with E-state index in [0.29, 0.717) is 5.56 Å². The Bertz CT molecular complexity index is 334. The summed E-state index contributed by atoms with van der Waals surface area (Å²) < 4.78 is 0. The number of nitrogens with two attached hydrogens (primary N) is 1. The van der Waals surface area contributed by atoms with Crippen LogP contribution in [0.2, 0.25) is 0 Å². The van der Waals surface area contributed by atoms with Crippen molar-refractivity contribution in [1.82, 2.24) is 0 Å². The highest BCUT2D eigenvalue weighted by atomic mass is 16.4. The van der Waals surface area contributed by atoms with Gasteiger partial charge in [-0.25, -0.2) is 4.79 Å². The van der Waals surface area contributed by atoms with Crippen LogP contribution in [0.15, 0.2) is 18.2 Å². The average Bonchev–Trinajstić information content (AvgIpc) is 2.03. The zero-order chi connectivity index (χ0) is 10.0. The summed E-state index contributed by atoms with van der Waals surface area (Å²) in [4.78, 5) is 10.6. The van der Waals surface area contributed by atoms with Crippen LogP contribution < -0.4 is 5.73 Å². The predicted molar refractivity (Wildman–Crippen MR) is 48.4 cm³/mol. The normalized spacial score (nSPS) is 12.5. The van der Waals surface area contributed by atoms with Gasteiger partial charge in [-0.15, -0.1) is 0 Å². The van der Waals surface area contributed by atoms with Crippen LogP contribution in [0, 0.1) is 0 Å². The molecule has 0 aromatic heterocycles. The second-order valence-electron chi connectivity index (χ2n) is 2.83. The second-order valence-corrected chi connectivity index (χ2v) is 2.83. The first kappa shape index (κ1) is 9.54. The fourth-order valence-electron chi connectivity index (χ4n) is 1.04. The van der Waals surface area contributed by atoms with E-state index in [9.17, 15) is 9.90 Å². The Kier molecular flexibility index (Phi) is 2.53. The molecule has 1 atom stereocenters. The number of carboxylic acid groups (broad SMARTS) is 1. The molecule has 1 rings (SSSR count). The zero-order valence-corrected chi connectivity index (χ0v) is 7.19. The average molecular weight is 181 g/mol. The third kappa shape index (κ3) is 1.97. The highest BCUT2D eigenvalue weighted by molar-refractivity contribution is 5.93. The number of nitrogen functional groups attached to an aromatic ring is 1. The van der Waals surface area contributed by atoms with Gasteiger partial charge < -0.3 is 15.9 Å². The highest BCUT2D eigenvalue weighted by Crippen LogP contribution is 2.19. The van der Waals surface area contributed by atoms with E-state index in [4.69, 9.17) is 10.8 Å². The molecule has 0 amide bonds. The number of aromatic carboxylic acids is 1. The molecule has 0 spiro atoms. The fourth-order valence-corrected chi connectivity index (χ4v) is 1.04. The summed E-state index contributed by atoms with van der Waals surface area (Å²) in [6.45, 7) is 1.59. The van der Waals surface area contributed by atoms with Gasteiger partial charge in [0, 0.05) is 5.69 Å². The smallest absolute Gasteiger partial charge is 0.337 e. The fraction of sp³-hybridized carbons (Fsp3) is 0.222. The Morgan fingerprint density at radius 2 is 2.15 bits per heavy atom. The molecule has 0 aliphatic rings. The van der Waals surface area contributed by atoms with E-state index in [1.165, 1.54) is 12.1 Å². The number of hydrogen-bond donors (Lipinski definition) is 3. The number of benzene rings is 1. The topological polar surface area (TPSA) is 83.5 Å². The number of aliphatic hydroxyl groups excluding tert-OH is 1. The van der Waals surface area contributed by atoms with Crippen molar-refractivity contribution >= 4 is 11.7 Å². The van der Waals surface area contributed by atoms with Crippen LogP contribution in [0.4, 0.5) is 5.69 Å². The van der Waals surface area contributed by atoms with Crippen molar-refractivity contribution in [2.75, 3.05) is 5.73 Å². The molecule has 4 nitrogen and oxygen atoms in total. The molecule has 4 N–H and O–H groups in total. The molecule has 1 aromatic carbocycles. The molecule has 0 bridgehead atoms. The number of carboxylic acids is 1. The molecule has 0 radical (unpaired) electrons. The van der Waals surface area contributed by atoms with Gasteiger partial charge >= 0.3 is 5.97 Å². The Morgan fingerprint density at radius 3 is 2.54 bits per heavy atom. The minimum atomic E-state index is -1.06. The van der Waals surface area contributed by atoms with Crippen molar-refractivity contribution in [1.29, 1.82) is 0 Å². The minimum Gasteiger partial charge on any atom is -0.478 e. The summed E-state index contributed by atoms with van der Waals surface area (Å²) >= 11 is 0. The Morgan fingerprint density at radius 1 is 1.54 bits per heavy atom. The van der Waals surface area contributed by atoms with Gasteiger partial charge in [0.2, 0.25) is 0 Å². The molecule has 1 aromatic rings. The quantitative estimate of drug-likeness (QED) is 0.595. The van der Waals surface area contributed by atoms with E-state index < -0.39 is 12.1 Å². The molecule has 70 valence electrons. The van der Waals surface area contributed by atoms with Gasteiger partial charge in [-0.1, -0.05) is 6.07 Å². The van der Waals surface area contributed by atoms with Crippen molar-refractivity contribution in [3.8, 4) is 0 Å². The molecule has 0 saturated carbocycles. The first-order chi connectivity index (χ1) is 6.02. The second kappa shape index (κ2) is 3.45. The summed E-state index contributed by atoms with van der Waals surface area (Å²) in [5.74, 6) is -1.06. The van der Waals surface area contributed by atoms with Gasteiger partial charge in [0.05, 0.1) is 11.7 Å². The predicted octanol–water partition coefficient (Wildman–Crippen LogP) is 1.02. The maximum atomic E-state index is 10.6. The van der Waals surface area contributed by atoms with Crippen LogP contribution in [0.3, 0.4) is 0 Å². The molecular formula is C9H11NO3. The molecule has 13 heavy (non-hydrogen) atoms. The van der Waals surface area contributed by atoms with E-state index in [-0.39, 0.29) is 11.3 Å². The van der Waals surface area contributed by atoms with E-state index in [1.807, 2.05) is 0 Å². The van der Waals surface area contributed by atoms with E-state index >= 15 is 0 Å². The number of hydrogen-bond acceptors (Lipinski definition) is 3. The standard InChI is InChI=1S/C9H11NO3/c1-5(11)6-2-3-7(9(12)13)8(10)4-6/h2-5,11H,10H2,1H3,(H,12,13). The summed E-state index contributed by atoms with van der Waals surface area (Å²) in [6.07, 6.45) is -0.634. The third-order valence-electron chi connectivity index (χ3n) is 1.79. The molecule has 0 fully saturated rings. The van der Waals surface area contributed by atoms with Crippen LogP contribution >= 0.6 is 0 Å². The Balaban J connectivity index is 3.13. The summed E-state index contributed by atoms with van der Waals surface area (Å²) in [5.41, 5.74) is 6.31. The number of aliphatic hydroxyl groups is 1. The van der Waals surface area contributed by atoms with Gasteiger partial charge in [0.1, 0.15) is 0 Å². The van der Waals surface area contributed by atoms with Crippen LogP contribution in [0.25, 0.3) is 0 Å². The number of rotatable bonds is 2. The van der Waals surface area contributed by atoms with Gasteiger partial charge in [-0.2, -0.15) is 0 Å². The maximum absolute atomic E-state index is 10.6. The van der Waals surface area contributed by atoms with Gasteiger partial charge in [0.25, 0.3) is 0 Å². The Hall–Kier alpha value is -1.55. The number of anilines is 1. The first-order valence-corrected chi connectivity index (χ1v) is 3.83. The molecule has 4 heteroatoms. The number of carbonyl (C=O) groups is 1. The summed E-state index contributed by atoms with van der Waals surface area (Å²) in [5, 5.41) is 17.8. The summed E-state index contributed by atoms with van der Waals surface area (Å²) in [7, 11) is 0. The summed E-state index contributed by atoms with van der Waals surface area (Å²) in [6, 6.07) is 4.40. The van der Waals surface area contributed by atoms with Gasteiger partial charge in [0.15, 0.2) is 0 Å². The maximum Gasteiger partial charge on any atom is 0.337 e. The van der Waals surface area contributed by atoms with Crippen molar-refractivity contribution in [3.63, 3.8) is 0 Å². The SMILES string of the molecule is CC(O)c1ccc(C(=O)O)c(N)c1. The van der Waals surface area contributed by atoms with Crippen molar-refractivity contribution < 1.29 is 15.0 Å². The van der Waals surface area contributed by atoms with E-state index in [1.54, 1.807) is 13.0 Å². The van der Waals surface area contributed by atoms with Crippen LogP contribution in [-0.4, -0.2) is 16.2 Å². The van der Waals surface area contributed by atoms with E-state index in [2.05, 4.69) is 0 Å². The lowest BCUT2D eigenvalue weighted by molar-refractivity contribution is 0.0698. The molecule has 0 heterocycles. The molecular weight excluding hydrogens is 170 g/mol. The lowest BCUT2D eigenvalue weighted by atomic mass is 10.1. The van der Waals surface area contributed by atoms with Crippen molar-refractivity contribution in [3.05, 3.63) is 29.3 Å². The lowest BCUT2D eigenvalue weighted by Gasteiger charge is -2.06. The minimum absolute atomic E-state index is 0.0596. The molecule has 0 saturated heterocycles. The van der Waals surface area contributed by atoms with Gasteiger partial charge in [-0.3, -0.25) is 0 Å². The Labute approximate surface area is 75.6 Å². The largest absolute Gasteiger partial charge is 0.478 e. The highest BCUT2D eigenvalue weighted by Gasteiger charge is 2.09. The lowest BCUT2D eigenvalue weighted by Crippen LogP contribution is -2.03. The first-order valence-electron chi connectivity index (χ1n) is 3.83. The van der Waals surface area contributed by atoms with Crippen molar-refractivity contribution in [2.24, 2.45) is 0 Å². The third-order valence-corrected chi connectivity index (χ3v) is 1.79. The van der Waals surface area contributed by atoms with Crippen LogP contribution in [-0.2, 0) is 0 Å². The van der Waals surface area contributed by atoms with Crippen molar-refractivity contribution in [2.45, 2.75) is 13.0 Å². The van der Waals surface area contributed by atoms with E-state index in [0.717, 1.165) is 0 Å². The van der Waals surface area contributed by atoms with Crippen LogP contribution in [0.1, 0.15) is 28.9 Å².